The lowest BCUT2D eigenvalue weighted by molar-refractivity contribution is -0.131. The molecule has 26 heavy (non-hydrogen) atoms. The molecule has 0 atom stereocenters. The number of carbonyl (C=O) groups excluding carboxylic acids is 1. The lowest BCUT2D eigenvalue weighted by atomic mass is 10.0. The molecule has 0 unspecified atom stereocenters. The molecule has 1 heterocycles. The van der Waals surface area contributed by atoms with E-state index in [0.717, 1.165) is 44.6 Å². The molecule has 0 aliphatic carbocycles. The zero-order valence-electron chi connectivity index (χ0n) is 16.2. The summed E-state index contributed by atoms with van der Waals surface area (Å²) in [7, 11) is 0. The van der Waals surface area contributed by atoms with Gasteiger partial charge in [-0.1, -0.05) is 56.0 Å². The fourth-order valence-corrected chi connectivity index (χ4v) is 3.57. The lowest BCUT2D eigenvalue weighted by Crippen LogP contribution is -2.47. The van der Waals surface area contributed by atoms with Crippen molar-refractivity contribution >= 4 is 5.91 Å². The summed E-state index contributed by atoms with van der Waals surface area (Å²) in [6.45, 7) is 10.9. The van der Waals surface area contributed by atoms with Crippen LogP contribution in [0, 0.1) is 0 Å². The highest BCUT2D eigenvalue weighted by Crippen LogP contribution is 2.23. The van der Waals surface area contributed by atoms with Crippen molar-refractivity contribution in [1.82, 2.24) is 9.80 Å². The first-order valence-electron chi connectivity index (χ1n) is 9.73. The molecule has 1 saturated heterocycles. The van der Waals surface area contributed by atoms with Crippen LogP contribution in [0.5, 0.6) is 0 Å². The van der Waals surface area contributed by atoms with Gasteiger partial charge < -0.3 is 9.80 Å². The molecule has 1 aromatic carbocycles. The number of amides is 1. The van der Waals surface area contributed by atoms with Gasteiger partial charge in [-0.3, -0.25) is 4.79 Å². The second-order valence-corrected chi connectivity index (χ2v) is 6.75. The summed E-state index contributed by atoms with van der Waals surface area (Å²) in [4.78, 5) is 17.1. The summed E-state index contributed by atoms with van der Waals surface area (Å²) >= 11 is 0. The van der Waals surface area contributed by atoms with Crippen LogP contribution in [-0.4, -0.2) is 41.4 Å². The zero-order chi connectivity index (χ0) is 18.8. The largest absolute Gasteiger partial charge is 0.309 e. The van der Waals surface area contributed by atoms with Crippen molar-refractivity contribution in [1.29, 1.82) is 0 Å². The van der Waals surface area contributed by atoms with E-state index in [4.69, 9.17) is 0 Å². The molecule has 1 fully saturated rings. The molecule has 2 rings (SSSR count). The van der Waals surface area contributed by atoms with Crippen molar-refractivity contribution in [2.75, 3.05) is 19.6 Å². The first kappa shape index (κ1) is 20.2. The van der Waals surface area contributed by atoms with Gasteiger partial charge in [0.05, 0.1) is 0 Å². The molecule has 0 radical (unpaired) electrons. The van der Waals surface area contributed by atoms with Gasteiger partial charge in [0.1, 0.15) is 0 Å². The van der Waals surface area contributed by atoms with Crippen molar-refractivity contribution in [3.05, 3.63) is 72.5 Å². The Balaban J connectivity index is 1.97. The molecule has 1 aliphatic rings. The van der Waals surface area contributed by atoms with Crippen molar-refractivity contribution in [2.45, 2.75) is 45.6 Å². The van der Waals surface area contributed by atoms with Gasteiger partial charge in [0.15, 0.2) is 0 Å². The first-order chi connectivity index (χ1) is 12.7. The molecule has 140 valence electrons. The summed E-state index contributed by atoms with van der Waals surface area (Å²) in [5, 5.41) is 0. The average Bonchev–Trinajstić information content (AvgIpc) is 2.68. The van der Waals surface area contributed by atoms with Gasteiger partial charge in [0.2, 0.25) is 5.91 Å². The van der Waals surface area contributed by atoms with E-state index in [0.29, 0.717) is 6.42 Å². The Morgan fingerprint density at radius 3 is 2.54 bits per heavy atom. The van der Waals surface area contributed by atoms with E-state index in [1.165, 1.54) is 5.56 Å². The molecular weight excluding hydrogens is 320 g/mol. The zero-order valence-corrected chi connectivity index (χ0v) is 16.2. The Morgan fingerprint density at radius 1 is 1.27 bits per heavy atom. The van der Waals surface area contributed by atoms with Crippen molar-refractivity contribution in [2.24, 2.45) is 0 Å². The minimum Gasteiger partial charge on any atom is -0.309 e. The summed E-state index contributed by atoms with van der Waals surface area (Å²) in [6.07, 6.45) is 11.4. The number of rotatable bonds is 8. The summed E-state index contributed by atoms with van der Waals surface area (Å²) < 4.78 is 0. The number of hydrogen-bond donors (Lipinski definition) is 0. The highest BCUT2D eigenvalue weighted by molar-refractivity contribution is 5.78. The lowest BCUT2D eigenvalue weighted by Gasteiger charge is -2.39. The molecule has 0 bridgehead atoms. The van der Waals surface area contributed by atoms with E-state index in [9.17, 15) is 4.79 Å². The van der Waals surface area contributed by atoms with Gasteiger partial charge in [0.25, 0.3) is 0 Å². The third-order valence-electron chi connectivity index (χ3n) is 4.96. The van der Waals surface area contributed by atoms with Gasteiger partial charge in [-0.25, -0.2) is 0 Å². The number of hydrogen-bond acceptors (Lipinski definition) is 2. The highest BCUT2D eigenvalue weighted by atomic mass is 16.2. The predicted octanol–water partition coefficient (Wildman–Crippen LogP) is 4.58. The second kappa shape index (κ2) is 10.8. The molecule has 1 amide bonds. The van der Waals surface area contributed by atoms with E-state index in [1.54, 1.807) is 6.08 Å². The number of allylic oxidation sites excluding steroid dienone is 4. The Labute approximate surface area is 158 Å². The summed E-state index contributed by atoms with van der Waals surface area (Å²) in [5.74, 6) is 0.193. The number of likely N-dealkylation sites (tertiary alicyclic amines) is 1. The number of nitrogens with zero attached hydrogens (tertiary/aromatic N) is 2. The molecule has 1 aromatic rings. The highest BCUT2D eigenvalue weighted by Gasteiger charge is 2.28. The SMILES string of the molecule is C=C/C=C(\C=C/C)N(C(=O)CC)C1CCN(CCc2ccccc2)CC1. The van der Waals surface area contributed by atoms with Crippen LogP contribution in [0.4, 0.5) is 0 Å². The van der Waals surface area contributed by atoms with Crippen molar-refractivity contribution < 1.29 is 4.79 Å². The third-order valence-corrected chi connectivity index (χ3v) is 4.96. The minimum absolute atomic E-state index is 0.193. The molecule has 0 spiro atoms. The van der Waals surface area contributed by atoms with E-state index in [-0.39, 0.29) is 11.9 Å². The fraction of sp³-hybridized carbons (Fsp3) is 0.435. The first-order valence-corrected chi connectivity index (χ1v) is 9.73. The number of carbonyl (C=O) groups is 1. The van der Waals surface area contributed by atoms with Crippen molar-refractivity contribution in [3.8, 4) is 0 Å². The summed E-state index contributed by atoms with van der Waals surface area (Å²) in [6, 6.07) is 10.9. The molecule has 0 aromatic heterocycles. The van der Waals surface area contributed by atoms with Gasteiger partial charge in [0, 0.05) is 37.8 Å². The van der Waals surface area contributed by atoms with Crippen molar-refractivity contribution in [3.63, 3.8) is 0 Å². The summed E-state index contributed by atoms with van der Waals surface area (Å²) in [5.41, 5.74) is 2.35. The van der Waals surface area contributed by atoms with Crippen LogP contribution in [0.2, 0.25) is 0 Å². The Kier molecular flexibility index (Phi) is 8.36. The van der Waals surface area contributed by atoms with E-state index in [2.05, 4.69) is 41.8 Å². The maximum Gasteiger partial charge on any atom is 0.226 e. The Morgan fingerprint density at radius 2 is 1.96 bits per heavy atom. The average molecular weight is 353 g/mol. The quantitative estimate of drug-likeness (QED) is 0.640. The number of benzene rings is 1. The van der Waals surface area contributed by atoms with Crippen LogP contribution < -0.4 is 0 Å². The van der Waals surface area contributed by atoms with Gasteiger partial charge in [-0.2, -0.15) is 0 Å². The Bertz CT molecular complexity index is 625. The predicted molar refractivity (Wildman–Crippen MR) is 110 cm³/mol. The van der Waals surface area contributed by atoms with Crippen LogP contribution >= 0.6 is 0 Å². The molecule has 3 heteroatoms. The van der Waals surface area contributed by atoms with E-state index >= 15 is 0 Å². The van der Waals surface area contributed by atoms with Crippen LogP contribution in [0.1, 0.15) is 38.7 Å². The van der Waals surface area contributed by atoms with Crippen LogP contribution in [-0.2, 0) is 11.2 Å². The number of piperidine rings is 1. The topological polar surface area (TPSA) is 23.6 Å². The smallest absolute Gasteiger partial charge is 0.226 e. The van der Waals surface area contributed by atoms with Gasteiger partial charge in [-0.05, 0) is 43.9 Å². The fourth-order valence-electron chi connectivity index (χ4n) is 3.57. The second-order valence-electron chi connectivity index (χ2n) is 6.75. The van der Waals surface area contributed by atoms with E-state index in [1.807, 2.05) is 37.0 Å². The van der Waals surface area contributed by atoms with Crippen LogP contribution in [0.15, 0.2) is 66.9 Å². The minimum atomic E-state index is 0.193. The molecule has 0 saturated carbocycles. The maximum absolute atomic E-state index is 12.6. The monoisotopic (exact) mass is 352 g/mol. The normalized spacial score (nSPS) is 16.8. The third kappa shape index (κ3) is 5.70. The molecule has 0 N–H and O–H groups in total. The van der Waals surface area contributed by atoms with E-state index < -0.39 is 0 Å². The maximum atomic E-state index is 12.6. The molecular formula is C23H32N2O. The Hall–Kier alpha value is -2.13. The van der Waals surface area contributed by atoms with Gasteiger partial charge in [-0.15, -0.1) is 0 Å². The van der Waals surface area contributed by atoms with Crippen LogP contribution in [0.25, 0.3) is 0 Å². The van der Waals surface area contributed by atoms with Gasteiger partial charge >= 0.3 is 0 Å². The standard InChI is InChI=1S/C23H32N2O/c1-4-10-21(11-5-2)25(23(26)6-3)22-15-18-24(19-16-22)17-14-20-12-8-7-9-13-20/h4-5,7-13,22H,1,6,14-19H2,2-3H3/b11-5-,21-10+. The molecule has 3 nitrogen and oxygen atoms in total. The van der Waals surface area contributed by atoms with Crippen LogP contribution in [0.3, 0.4) is 0 Å². The molecule has 1 aliphatic heterocycles.